The number of para-hydroxylation sites is 2. The quantitative estimate of drug-likeness (QED) is 0.687. The van der Waals surface area contributed by atoms with Crippen LogP contribution in [0.15, 0.2) is 46.9 Å². The van der Waals surface area contributed by atoms with E-state index < -0.39 is 29.6 Å². The normalized spacial score (nSPS) is 19.6. The number of hydrogen-bond acceptors (Lipinski definition) is 4. The molecule has 0 fully saturated rings. The van der Waals surface area contributed by atoms with Crippen LogP contribution < -0.4 is 9.64 Å². The number of carbonyl (C=O) groups is 1. The topological polar surface area (TPSA) is 55.6 Å². The molecule has 1 amide bonds. The van der Waals surface area contributed by atoms with Crippen molar-refractivity contribution >= 4 is 22.7 Å². The lowest BCUT2D eigenvalue weighted by Gasteiger charge is -2.27. The minimum Gasteiger partial charge on any atom is -0.497 e. The first-order valence-corrected chi connectivity index (χ1v) is 8.47. The number of methoxy groups -OCH3 is 1. The van der Waals surface area contributed by atoms with E-state index in [2.05, 4.69) is 4.98 Å². The Labute approximate surface area is 154 Å². The van der Waals surface area contributed by atoms with Crippen LogP contribution in [-0.4, -0.2) is 25.0 Å². The minimum absolute atomic E-state index is 0.286. The largest absolute Gasteiger partial charge is 0.497 e. The van der Waals surface area contributed by atoms with Crippen molar-refractivity contribution in [3.8, 4) is 5.75 Å². The van der Waals surface area contributed by atoms with Gasteiger partial charge in [0.1, 0.15) is 11.3 Å². The maximum absolute atomic E-state index is 15.1. The second kappa shape index (κ2) is 5.77. The summed E-state index contributed by atoms with van der Waals surface area (Å²) in [6.07, 6.45) is -0.754. The molecule has 3 aromatic rings. The van der Waals surface area contributed by atoms with Crippen molar-refractivity contribution in [2.45, 2.75) is 24.7 Å². The Kier molecular flexibility index (Phi) is 3.73. The van der Waals surface area contributed by atoms with E-state index in [1.165, 1.54) is 18.9 Å². The summed E-state index contributed by atoms with van der Waals surface area (Å²) >= 11 is 0. The maximum Gasteiger partial charge on any atom is 0.323 e. The van der Waals surface area contributed by atoms with Gasteiger partial charge in [-0.05, 0) is 42.8 Å². The molecule has 1 unspecified atom stereocenters. The molecule has 1 atom stereocenters. The monoisotopic (exact) mass is 372 g/mol. The third kappa shape index (κ3) is 2.57. The Morgan fingerprint density at radius 1 is 1.26 bits per heavy atom. The fraction of sp³-hybridized carbons (Fsp3) is 0.300. The van der Waals surface area contributed by atoms with Gasteiger partial charge in [0, 0.05) is 19.2 Å². The van der Waals surface area contributed by atoms with Crippen molar-refractivity contribution in [2.75, 3.05) is 19.1 Å². The number of oxazole rings is 1. The van der Waals surface area contributed by atoms with Crippen molar-refractivity contribution < 1.29 is 22.7 Å². The van der Waals surface area contributed by atoms with Crippen molar-refractivity contribution in [1.29, 1.82) is 0 Å². The summed E-state index contributed by atoms with van der Waals surface area (Å²) in [6.45, 7) is 1.52. The number of likely N-dealkylation sites (N-methyl/N-ethyl adjacent to an activating group) is 1. The van der Waals surface area contributed by atoms with Gasteiger partial charge in [-0.3, -0.25) is 4.79 Å². The number of fused-ring (bicyclic) bond motifs is 2. The summed E-state index contributed by atoms with van der Waals surface area (Å²) in [6, 6.07) is 11.6. The molecular formula is C20H18F2N2O3. The van der Waals surface area contributed by atoms with Crippen molar-refractivity contribution in [3.63, 3.8) is 0 Å². The van der Waals surface area contributed by atoms with E-state index in [1.54, 1.807) is 49.5 Å². The molecule has 140 valence electrons. The molecule has 7 heteroatoms. The zero-order valence-electron chi connectivity index (χ0n) is 15.1. The highest BCUT2D eigenvalue weighted by Gasteiger charge is 2.54. The van der Waals surface area contributed by atoms with Crippen LogP contribution in [0.1, 0.15) is 24.8 Å². The van der Waals surface area contributed by atoms with Crippen LogP contribution in [0.25, 0.3) is 11.1 Å². The molecule has 0 saturated heterocycles. The van der Waals surface area contributed by atoms with Gasteiger partial charge in [0.25, 0.3) is 5.89 Å². The molecule has 1 aromatic heterocycles. The number of aromatic nitrogens is 1. The number of hydrogen-bond donors (Lipinski definition) is 0. The van der Waals surface area contributed by atoms with Gasteiger partial charge in [-0.15, -0.1) is 0 Å². The van der Waals surface area contributed by atoms with Crippen LogP contribution >= 0.6 is 0 Å². The zero-order chi connectivity index (χ0) is 19.4. The van der Waals surface area contributed by atoms with E-state index in [1.807, 2.05) is 0 Å². The Hall–Kier alpha value is -2.96. The van der Waals surface area contributed by atoms with Gasteiger partial charge in [0.05, 0.1) is 12.5 Å². The lowest BCUT2D eigenvalue weighted by molar-refractivity contribution is -0.128. The predicted octanol–water partition coefficient (Wildman–Crippen LogP) is 4.25. The van der Waals surface area contributed by atoms with Crippen LogP contribution in [0.3, 0.4) is 0 Å². The minimum atomic E-state index is -3.42. The van der Waals surface area contributed by atoms with Gasteiger partial charge in [-0.2, -0.15) is 8.78 Å². The molecule has 2 aromatic carbocycles. The SMILES string of the molecule is COc1ccc2c(c1)C(C)(CC(F)(F)c1nc3ccccc3o1)C(=O)N2C. The molecule has 0 N–H and O–H groups in total. The van der Waals surface area contributed by atoms with E-state index >= 15 is 8.78 Å². The summed E-state index contributed by atoms with van der Waals surface area (Å²) in [5, 5.41) is 0. The molecule has 5 nitrogen and oxygen atoms in total. The molecule has 0 bridgehead atoms. The maximum atomic E-state index is 15.1. The van der Waals surface area contributed by atoms with E-state index in [-0.39, 0.29) is 5.58 Å². The van der Waals surface area contributed by atoms with Gasteiger partial charge >= 0.3 is 5.92 Å². The van der Waals surface area contributed by atoms with E-state index in [9.17, 15) is 4.79 Å². The van der Waals surface area contributed by atoms with Crippen LogP contribution in [0.5, 0.6) is 5.75 Å². The summed E-state index contributed by atoms with van der Waals surface area (Å²) in [5.74, 6) is -4.00. The van der Waals surface area contributed by atoms with Gasteiger partial charge in [0.15, 0.2) is 5.58 Å². The van der Waals surface area contributed by atoms with Crippen molar-refractivity contribution in [1.82, 2.24) is 4.98 Å². The molecule has 0 saturated carbocycles. The fourth-order valence-corrected chi connectivity index (χ4v) is 3.69. The first-order valence-electron chi connectivity index (χ1n) is 8.47. The smallest absolute Gasteiger partial charge is 0.323 e. The van der Waals surface area contributed by atoms with Crippen molar-refractivity contribution in [2.24, 2.45) is 0 Å². The molecular weight excluding hydrogens is 354 g/mol. The number of amides is 1. The van der Waals surface area contributed by atoms with Gasteiger partial charge in [-0.25, -0.2) is 4.98 Å². The number of benzene rings is 2. The van der Waals surface area contributed by atoms with E-state index in [4.69, 9.17) is 9.15 Å². The highest BCUT2D eigenvalue weighted by atomic mass is 19.3. The van der Waals surface area contributed by atoms with E-state index in [0.29, 0.717) is 22.5 Å². The Bertz CT molecular complexity index is 1010. The van der Waals surface area contributed by atoms with Gasteiger partial charge < -0.3 is 14.1 Å². The first kappa shape index (κ1) is 17.5. The Morgan fingerprint density at radius 3 is 2.70 bits per heavy atom. The third-order valence-corrected chi connectivity index (χ3v) is 5.12. The van der Waals surface area contributed by atoms with E-state index in [0.717, 1.165) is 0 Å². The molecule has 2 heterocycles. The van der Waals surface area contributed by atoms with Crippen LogP contribution in [0.2, 0.25) is 0 Å². The van der Waals surface area contributed by atoms with Crippen LogP contribution in [0, 0.1) is 0 Å². The average molecular weight is 372 g/mol. The second-order valence-corrected chi connectivity index (χ2v) is 6.95. The first-order chi connectivity index (χ1) is 12.8. The highest BCUT2D eigenvalue weighted by Crippen LogP contribution is 2.50. The lowest BCUT2D eigenvalue weighted by atomic mass is 9.78. The number of rotatable bonds is 4. The lowest BCUT2D eigenvalue weighted by Crippen LogP contribution is -2.40. The summed E-state index contributed by atoms with van der Waals surface area (Å²) in [4.78, 5) is 18.2. The number of anilines is 1. The van der Waals surface area contributed by atoms with Crippen LogP contribution in [0.4, 0.5) is 14.5 Å². The molecule has 27 heavy (non-hydrogen) atoms. The molecule has 0 radical (unpaired) electrons. The second-order valence-electron chi connectivity index (χ2n) is 6.95. The molecule has 4 rings (SSSR count). The third-order valence-electron chi connectivity index (χ3n) is 5.12. The number of nitrogens with zero attached hydrogens (tertiary/aromatic N) is 2. The standard InChI is InChI=1S/C20H18F2N2O3/c1-19(13-10-12(26-3)8-9-15(13)24(2)18(19)25)11-20(21,22)17-23-14-6-4-5-7-16(14)27-17/h4-10H,11H2,1-3H3. The van der Waals surface area contributed by atoms with Gasteiger partial charge in [-0.1, -0.05) is 12.1 Å². The number of carbonyl (C=O) groups excluding carboxylic acids is 1. The average Bonchev–Trinajstić information content (AvgIpc) is 3.17. The zero-order valence-corrected chi connectivity index (χ0v) is 15.1. The highest BCUT2D eigenvalue weighted by molar-refractivity contribution is 6.07. The Morgan fingerprint density at radius 2 is 2.00 bits per heavy atom. The number of alkyl halides is 2. The number of ether oxygens (including phenoxy) is 1. The van der Waals surface area contributed by atoms with Gasteiger partial charge in [0.2, 0.25) is 5.91 Å². The Balaban J connectivity index is 1.77. The summed E-state index contributed by atoms with van der Waals surface area (Å²) < 4.78 is 40.7. The van der Waals surface area contributed by atoms with Crippen LogP contribution in [-0.2, 0) is 16.1 Å². The molecule has 0 aliphatic carbocycles. The predicted molar refractivity (Wildman–Crippen MR) is 96.3 cm³/mol. The molecule has 1 aliphatic rings. The molecule has 1 aliphatic heterocycles. The summed E-state index contributed by atoms with van der Waals surface area (Å²) in [5.41, 5.74) is 0.313. The fourth-order valence-electron chi connectivity index (χ4n) is 3.69. The molecule has 0 spiro atoms. The summed E-state index contributed by atoms with van der Waals surface area (Å²) in [7, 11) is 3.07. The van der Waals surface area contributed by atoms with Crippen molar-refractivity contribution in [3.05, 3.63) is 53.9 Å². The number of halogens is 2.